The fourth-order valence-corrected chi connectivity index (χ4v) is 2.73. The van der Waals surface area contributed by atoms with Gasteiger partial charge in [0.25, 0.3) is 5.56 Å². The Morgan fingerprint density at radius 3 is 2.89 bits per heavy atom. The molecule has 1 aliphatic rings. The first-order valence-electron chi connectivity index (χ1n) is 6.44. The zero-order chi connectivity index (χ0) is 14.0. The van der Waals surface area contributed by atoms with Crippen LogP contribution < -0.4 is 5.56 Å². The third-order valence-electron chi connectivity index (χ3n) is 2.87. The maximum absolute atomic E-state index is 11.6. The van der Waals surface area contributed by atoms with E-state index in [1.54, 1.807) is 18.7 Å². The quantitative estimate of drug-likeness (QED) is 0.623. The molecular weight excluding hydrogens is 264 g/mol. The van der Waals surface area contributed by atoms with Gasteiger partial charge in [-0.2, -0.15) is 4.98 Å². The predicted octanol–water partition coefficient (Wildman–Crippen LogP) is 1.82. The first kappa shape index (κ1) is 14.6. The van der Waals surface area contributed by atoms with E-state index in [2.05, 4.69) is 4.98 Å². The Bertz CT molecular complexity index is 513. The molecule has 0 N–H and O–H groups in total. The Kier molecular flexibility index (Phi) is 4.32. The van der Waals surface area contributed by atoms with E-state index < -0.39 is 5.79 Å². The van der Waals surface area contributed by atoms with Crippen molar-refractivity contribution in [1.82, 2.24) is 9.55 Å². The van der Waals surface area contributed by atoms with Gasteiger partial charge >= 0.3 is 0 Å². The van der Waals surface area contributed by atoms with Crippen LogP contribution in [0, 0.1) is 6.92 Å². The topological polar surface area (TPSA) is 53.4 Å². The van der Waals surface area contributed by atoms with E-state index in [4.69, 9.17) is 9.47 Å². The van der Waals surface area contributed by atoms with E-state index in [9.17, 15) is 4.79 Å². The van der Waals surface area contributed by atoms with Gasteiger partial charge in [-0.15, -0.1) is 0 Å². The number of rotatable bonds is 4. The van der Waals surface area contributed by atoms with Crippen LogP contribution in [0.1, 0.15) is 26.3 Å². The average molecular weight is 284 g/mol. The van der Waals surface area contributed by atoms with Gasteiger partial charge in [0.15, 0.2) is 10.9 Å². The highest BCUT2D eigenvalue weighted by Gasteiger charge is 2.33. The second-order valence-corrected chi connectivity index (χ2v) is 6.28. The first-order valence-corrected chi connectivity index (χ1v) is 7.42. The number of aryl methyl sites for hydroxylation is 1. The molecule has 2 heterocycles. The molecule has 0 aliphatic carbocycles. The van der Waals surface area contributed by atoms with Crippen LogP contribution in [0.4, 0.5) is 0 Å². The van der Waals surface area contributed by atoms with Crippen molar-refractivity contribution in [1.29, 1.82) is 0 Å². The molecule has 0 bridgehead atoms. The Morgan fingerprint density at radius 2 is 2.32 bits per heavy atom. The molecule has 1 aliphatic heterocycles. The van der Waals surface area contributed by atoms with Crippen LogP contribution in [0.25, 0.3) is 0 Å². The molecule has 0 radical (unpaired) electrons. The van der Waals surface area contributed by atoms with Crippen LogP contribution in [0.15, 0.2) is 16.1 Å². The summed E-state index contributed by atoms with van der Waals surface area (Å²) in [4.78, 5) is 15.7. The van der Waals surface area contributed by atoms with E-state index in [1.807, 2.05) is 31.5 Å². The summed E-state index contributed by atoms with van der Waals surface area (Å²) in [6.07, 6.45) is 1.84. The lowest BCUT2D eigenvalue weighted by Crippen LogP contribution is -2.26. The molecule has 0 amide bonds. The largest absolute Gasteiger partial charge is 0.348 e. The second kappa shape index (κ2) is 5.64. The SMILES string of the molecule is CCSc1nc(=O)c(C)cn1C[C@H]1COC(C)(C)O1. The van der Waals surface area contributed by atoms with Gasteiger partial charge < -0.3 is 14.0 Å². The standard InChI is InChI=1S/C13H20N2O3S/c1-5-19-12-14-11(16)9(2)6-15(12)7-10-8-17-13(3,4)18-10/h6,10H,5,7-8H2,1-4H3/t10-/m0/s1. The molecule has 2 rings (SSSR count). The highest BCUT2D eigenvalue weighted by molar-refractivity contribution is 7.99. The van der Waals surface area contributed by atoms with Gasteiger partial charge in [-0.05, 0) is 26.5 Å². The first-order chi connectivity index (χ1) is 8.91. The van der Waals surface area contributed by atoms with Gasteiger partial charge in [-0.3, -0.25) is 4.79 Å². The number of thioether (sulfide) groups is 1. The van der Waals surface area contributed by atoms with E-state index in [1.165, 1.54) is 0 Å². The Labute approximate surface area is 117 Å². The molecule has 1 fully saturated rings. The minimum atomic E-state index is -0.524. The fraction of sp³-hybridized carbons (Fsp3) is 0.692. The molecule has 1 saturated heterocycles. The van der Waals surface area contributed by atoms with Gasteiger partial charge in [-0.1, -0.05) is 18.7 Å². The monoisotopic (exact) mass is 284 g/mol. The van der Waals surface area contributed by atoms with Gasteiger partial charge in [0, 0.05) is 11.8 Å². The molecule has 0 saturated carbocycles. The summed E-state index contributed by atoms with van der Waals surface area (Å²) in [5.41, 5.74) is 0.495. The lowest BCUT2D eigenvalue weighted by atomic mass is 10.3. The molecule has 19 heavy (non-hydrogen) atoms. The van der Waals surface area contributed by atoms with Crippen molar-refractivity contribution >= 4 is 11.8 Å². The number of nitrogens with zero attached hydrogens (tertiary/aromatic N) is 2. The Hall–Kier alpha value is -0.850. The molecule has 1 aromatic rings. The molecule has 0 aromatic carbocycles. The van der Waals surface area contributed by atoms with Crippen LogP contribution in [-0.4, -0.2) is 33.8 Å². The molecule has 1 aromatic heterocycles. The Balaban J connectivity index is 2.19. The van der Waals surface area contributed by atoms with Gasteiger partial charge in [0.2, 0.25) is 0 Å². The fourth-order valence-electron chi connectivity index (χ4n) is 2.03. The van der Waals surface area contributed by atoms with Crippen LogP contribution in [-0.2, 0) is 16.0 Å². The zero-order valence-corrected chi connectivity index (χ0v) is 12.6. The van der Waals surface area contributed by atoms with E-state index in [0.29, 0.717) is 18.7 Å². The number of ether oxygens (including phenoxy) is 2. The minimum absolute atomic E-state index is 0.00471. The van der Waals surface area contributed by atoms with Crippen molar-refractivity contribution in [2.75, 3.05) is 12.4 Å². The van der Waals surface area contributed by atoms with Crippen molar-refractivity contribution in [3.63, 3.8) is 0 Å². The van der Waals surface area contributed by atoms with Gasteiger partial charge in [-0.25, -0.2) is 0 Å². The number of hydrogen-bond donors (Lipinski definition) is 0. The third kappa shape index (κ3) is 3.58. The highest BCUT2D eigenvalue weighted by atomic mass is 32.2. The van der Waals surface area contributed by atoms with Crippen molar-refractivity contribution in [2.24, 2.45) is 0 Å². The number of aromatic nitrogens is 2. The van der Waals surface area contributed by atoms with Gasteiger partial charge in [0.1, 0.15) is 6.10 Å². The maximum Gasteiger partial charge on any atom is 0.276 e. The smallest absolute Gasteiger partial charge is 0.276 e. The van der Waals surface area contributed by atoms with Crippen molar-refractivity contribution in [2.45, 2.75) is 51.3 Å². The van der Waals surface area contributed by atoms with Gasteiger partial charge in [0.05, 0.1) is 13.2 Å². The molecule has 6 heteroatoms. The Morgan fingerprint density at radius 1 is 1.58 bits per heavy atom. The summed E-state index contributed by atoms with van der Waals surface area (Å²) in [5.74, 6) is 0.354. The van der Waals surface area contributed by atoms with Crippen molar-refractivity contribution in [3.8, 4) is 0 Å². The van der Waals surface area contributed by atoms with Crippen LogP contribution in [0.2, 0.25) is 0 Å². The summed E-state index contributed by atoms with van der Waals surface area (Å²) < 4.78 is 13.3. The molecule has 1 atom stereocenters. The van der Waals surface area contributed by atoms with E-state index in [-0.39, 0.29) is 11.7 Å². The lowest BCUT2D eigenvalue weighted by molar-refractivity contribution is -0.139. The summed E-state index contributed by atoms with van der Waals surface area (Å²) >= 11 is 1.56. The van der Waals surface area contributed by atoms with Crippen molar-refractivity contribution in [3.05, 3.63) is 22.1 Å². The summed E-state index contributed by atoms with van der Waals surface area (Å²) in [5, 5.41) is 0.742. The van der Waals surface area contributed by atoms with Crippen molar-refractivity contribution < 1.29 is 9.47 Å². The minimum Gasteiger partial charge on any atom is -0.348 e. The second-order valence-electron chi connectivity index (χ2n) is 5.05. The van der Waals surface area contributed by atoms with E-state index >= 15 is 0 Å². The maximum atomic E-state index is 11.6. The predicted molar refractivity (Wildman–Crippen MR) is 74.5 cm³/mol. The molecular formula is C13H20N2O3S. The summed E-state index contributed by atoms with van der Waals surface area (Å²) in [6.45, 7) is 8.85. The highest BCUT2D eigenvalue weighted by Crippen LogP contribution is 2.24. The van der Waals surface area contributed by atoms with Crippen LogP contribution in [0.3, 0.4) is 0 Å². The third-order valence-corrected chi connectivity index (χ3v) is 3.74. The zero-order valence-electron chi connectivity index (χ0n) is 11.8. The summed E-state index contributed by atoms with van der Waals surface area (Å²) in [6, 6.07) is 0. The molecule has 0 spiro atoms. The normalized spacial score (nSPS) is 21.8. The van der Waals surface area contributed by atoms with E-state index in [0.717, 1.165) is 10.9 Å². The molecule has 5 nitrogen and oxygen atoms in total. The molecule has 0 unspecified atom stereocenters. The molecule has 106 valence electrons. The van der Waals surface area contributed by atoms with Crippen LogP contribution >= 0.6 is 11.8 Å². The van der Waals surface area contributed by atoms with Crippen LogP contribution in [0.5, 0.6) is 0 Å². The number of hydrogen-bond acceptors (Lipinski definition) is 5. The average Bonchev–Trinajstić information content (AvgIpc) is 2.65. The lowest BCUT2D eigenvalue weighted by Gasteiger charge is -2.19. The summed E-state index contributed by atoms with van der Waals surface area (Å²) in [7, 11) is 0.